The highest BCUT2D eigenvalue weighted by Crippen LogP contribution is 2.53. The van der Waals surface area contributed by atoms with Gasteiger partial charge < -0.3 is 9.64 Å². The summed E-state index contributed by atoms with van der Waals surface area (Å²) in [6, 6.07) is 5.89. The third kappa shape index (κ3) is 2.52. The molecule has 0 aliphatic carbocycles. The average Bonchev–Trinajstić information content (AvgIpc) is 2.96. The predicted molar refractivity (Wildman–Crippen MR) is 105 cm³/mol. The molecule has 2 heterocycles. The van der Waals surface area contributed by atoms with Crippen LogP contribution in [-0.4, -0.2) is 13.0 Å². The van der Waals surface area contributed by atoms with E-state index < -0.39 is 5.54 Å². The largest absolute Gasteiger partial charge is 0.497 e. The maximum Gasteiger partial charge on any atom is 0.230 e. The molecule has 1 aromatic carbocycles. The average molecular weight is 380 g/mol. The number of hydrogen-bond acceptors (Lipinski definition) is 5. The van der Waals surface area contributed by atoms with Gasteiger partial charge in [0.1, 0.15) is 9.57 Å². The molecule has 0 bridgehead atoms. The van der Waals surface area contributed by atoms with Gasteiger partial charge in [-0.1, -0.05) is 46.7 Å². The van der Waals surface area contributed by atoms with E-state index in [1.807, 2.05) is 30.0 Å². The van der Waals surface area contributed by atoms with Crippen molar-refractivity contribution in [1.82, 2.24) is 0 Å². The molecule has 24 heavy (non-hydrogen) atoms. The number of carbonyl (C=O) groups excluding carboxylic acids is 1. The SMILES string of the molecule is CC[C@@H](C)C(=O)N1c2ccc(OC)cc2-c2c(ssc2=S)C1(C)C. The maximum atomic E-state index is 13.2. The van der Waals surface area contributed by atoms with Crippen LogP contribution in [0.1, 0.15) is 39.0 Å². The Bertz CT molecular complexity index is 850. The first-order valence-corrected chi connectivity index (χ1v) is 10.5. The van der Waals surface area contributed by atoms with Gasteiger partial charge in [-0.3, -0.25) is 4.79 Å². The van der Waals surface area contributed by atoms with E-state index >= 15 is 0 Å². The molecule has 0 unspecified atom stereocenters. The van der Waals surface area contributed by atoms with E-state index in [1.165, 1.54) is 0 Å². The normalized spacial score (nSPS) is 16.3. The second-order valence-corrected chi connectivity index (χ2v) is 9.40. The van der Waals surface area contributed by atoms with Crippen LogP contribution in [0.5, 0.6) is 5.75 Å². The fraction of sp³-hybridized carbons (Fsp3) is 0.444. The molecule has 0 saturated heterocycles. The van der Waals surface area contributed by atoms with E-state index in [9.17, 15) is 4.79 Å². The summed E-state index contributed by atoms with van der Waals surface area (Å²) in [5, 5.41) is 0. The topological polar surface area (TPSA) is 29.5 Å². The third-order valence-electron chi connectivity index (χ3n) is 4.71. The number of rotatable bonds is 3. The van der Waals surface area contributed by atoms with E-state index in [2.05, 4.69) is 20.8 Å². The molecule has 0 fully saturated rings. The van der Waals surface area contributed by atoms with Crippen molar-refractivity contribution in [3.05, 3.63) is 26.9 Å². The lowest BCUT2D eigenvalue weighted by atomic mass is 9.86. The molecule has 128 valence electrons. The first-order valence-electron chi connectivity index (χ1n) is 7.99. The van der Waals surface area contributed by atoms with E-state index in [0.717, 1.165) is 37.7 Å². The number of anilines is 1. The van der Waals surface area contributed by atoms with Crippen molar-refractivity contribution >= 4 is 44.5 Å². The Morgan fingerprint density at radius 1 is 1.38 bits per heavy atom. The molecular weight excluding hydrogens is 358 g/mol. The molecule has 1 atom stereocenters. The molecule has 6 heteroatoms. The zero-order valence-electron chi connectivity index (χ0n) is 14.5. The van der Waals surface area contributed by atoms with Crippen molar-refractivity contribution in [3.8, 4) is 16.9 Å². The highest BCUT2D eigenvalue weighted by atomic mass is 32.9. The van der Waals surface area contributed by atoms with Crippen molar-refractivity contribution in [2.75, 3.05) is 12.0 Å². The number of ether oxygens (including phenoxy) is 1. The summed E-state index contributed by atoms with van der Waals surface area (Å²) < 4.78 is 6.28. The zero-order chi connectivity index (χ0) is 17.6. The monoisotopic (exact) mass is 379 g/mol. The van der Waals surface area contributed by atoms with Gasteiger partial charge in [0.15, 0.2) is 0 Å². The van der Waals surface area contributed by atoms with Gasteiger partial charge in [0.2, 0.25) is 5.91 Å². The Morgan fingerprint density at radius 3 is 2.71 bits per heavy atom. The Kier molecular flexibility index (Phi) is 4.57. The van der Waals surface area contributed by atoms with E-state index in [0.29, 0.717) is 0 Å². The molecule has 0 saturated carbocycles. The van der Waals surface area contributed by atoms with Crippen LogP contribution >= 0.6 is 32.9 Å². The number of nitrogens with zero attached hydrogens (tertiary/aromatic N) is 1. The third-order valence-corrected chi connectivity index (χ3v) is 8.04. The van der Waals surface area contributed by atoms with Crippen LogP contribution in [-0.2, 0) is 10.3 Å². The van der Waals surface area contributed by atoms with Gasteiger partial charge >= 0.3 is 0 Å². The second-order valence-electron chi connectivity index (χ2n) is 6.58. The minimum absolute atomic E-state index is 0.0209. The van der Waals surface area contributed by atoms with Crippen LogP contribution in [0.25, 0.3) is 11.1 Å². The highest BCUT2D eigenvalue weighted by Gasteiger charge is 2.43. The Labute approximate surface area is 155 Å². The molecule has 0 spiro atoms. The Balaban J connectivity index is 2.31. The zero-order valence-corrected chi connectivity index (χ0v) is 17.0. The number of amides is 1. The first-order chi connectivity index (χ1) is 11.3. The fourth-order valence-corrected chi connectivity index (χ4v) is 6.41. The van der Waals surface area contributed by atoms with Crippen LogP contribution < -0.4 is 9.64 Å². The molecule has 0 N–H and O–H groups in total. The van der Waals surface area contributed by atoms with Crippen molar-refractivity contribution in [3.63, 3.8) is 0 Å². The van der Waals surface area contributed by atoms with Crippen molar-refractivity contribution < 1.29 is 9.53 Å². The van der Waals surface area contributed by atoms with E-state index in [1.54, 1.807) is 27.8 Å². The van der Waals surface area contributed by atoms with Gasteiger partial charge in [-0.25, -0.2) is 0 Å². The van der Waals surface area contributed by atoms with Gasteiger partial charge in [0, 0.05) is 17.0 Å². The lowest BCUT2D eigenvalue weighted by molar-refractivity contribution is -0.123. The quantitative estimate of drug-likeness (QED) is 0.495. The lowest BCUT2D eigenvalue weighted by Crippen LogP contribution is -2.49. The van der Waals surface area contributed by atoms with E-state index in [-0.39, 0.29) is 11.8 Å². The Hall–Kier alpha value is -1.24. The summed E-state index contributed by atoms with van der Waals surface area (Å²) in [6.07, 6.45) is 0.823. The molecule has 1 amide bonds. The van der Waals surface area contributed by atoms with Crippen molar-refractivity contribution in [2.45, 2.75) is 39.7 Å². The molecule has 3 nitrogen and oxygen atoms in total. The van der Waals surface area contributed by atoms with Gasteiger partial charge in [-0.15, -0.1) is 0 Å². The maximum absolute atomic E-state index is 13.2. The molecule has 0 radical (unpaired) electrons. The second kappa shape index (κ2) is 6.24. The van der Waals surface area contributed by atoms with E-state index in [4.69, 9.17) is 17.0 Å². The number of fused-ring (bicyclic) bond motifs is 3. The molecule has 3 rings (SSSR count). The number of methoxy groups -OCH3 is 1. The smallest absolute Gasteiger partial charge is 0.230 e. The first kappa shape index (κ1) is 17.6. The minimum Gasteiger partial charge on any atom is -0.497 e. The molecular formula is C18H21NO2S3. The number of benzene rings is 1. The van der Waals surface area contributed by atoms with Gasteiger partial charge in [0.25, 0.3) is 0 Å². The summed E-state index contributed by atoms with van der Waals surface area (Å²) in [6.45, 7) is 8.26. The summed E-state index contributed by atoms with van der Waals surface area (Å²) in [5.41, 5.74) is 2.61. The molecule has 1 aliphatic heterocycles. The van der Waals surface area contributed by atoms with Crippen LogP contribution in [0.2, 0.25) is 0 Å². The minimum atomic E-state index is -0.407. The summed E-state index contributed by atoms with van der Waals surface area (Å²) in [5.74, 6) is 0.914. The summed E-state index contributed by atoms with van der Waals surface area (Å²) in [7, 11) is 4.94. The molecule has 1 aromatic heterocycles. The van der Waals surface area contributed by atoms with Gasteiger partial charge in [0.05, 0.1) is 23.2 Å². The van der Waals surface area contributed by atoms with Crippen LogP contribution in [0.4, 0.5) is 5.69 Å². The highest BCUT2D eigenvalue weighted by molar-refractivity contribution is 7.80. The van der Waals surface area contributed by atoms with Crippen molar-refractivity contribution in [2.24, 2.45) is 5.92 Å². The van der Waals surface area contributed by atoms with Gasteiger partial charge in [-0.05, 0) is 38.5 Å². The van der Waals surface area contributed by atoms with Crippen LogP contribution in [0, 0.1) is 9.74 Å². The fourth-order valence-electron chi connectivity index (χ4n) is 3.12. The number of carbonyl (C=O) groups is 1. The summed E-state index contributed by atoms with van der Waals surface area (Å²) >= 11 is 5.59. The Morgan fingerprint density at radius 2 is 2.08 bits per heavy atom. The predicted octanol–water partition coefficient (Wildman–Crippen LogP) is 5.84. The lowest BCUT2D eigenvalue weighted by Gasteiger charge is -2.44. The molecule has 2 aromatic rings. The van der Waals surface area contributed by atoms with Gasteiger partial charge in [-0.2, -0.15) is 0 Å². The molecule has 1 aliphatic rings. The van der Waals surface area contributed by atoms with Crippen LogP contribution in [0.15, 0.2) is 18.2 Å². The van der Waals surface area contributed by atoms with Crippen molar-refractivity contribution in [1.29, 1.82) is 0 Å². The summed E-state index contributed by atoms with van der Waals surface area (Å²) in [4.78, 5) is 16.3. The standard InChI is InChI=1S/C18H21NO2S3/c1-6-10(2)16(20)19-13-8-7-11(21-5)9-12(13)14-15(18(19,3)4)23-24-17(14)22/h7-10H,6H2,1-5H3/t10-/m1/s1. The number of hydrogen-bond donors (Lipinski definition) is 0. The van der Waals surface area contributed by atoms with Crippen LogP contribution in [0.3, 0.4) is 0 Å².